The van der Waals surface area contributed by atoms with Gasteiger partial charge in [0.05, 0.1) is 10.6 Å². The second-order valence-corrected chi connectivity index (χ2v) is 3.50. The molecule has 1 aromatic heterocycles. The summed E-state index contributed by atoms with van der Waals surface area (Å²) >= 11 is 5.84. The fourth-order valence-corrected chi connectivity index (χ4v) is 1.23. The van der Waals surface area contributed by atoms with E-state index in [1.165, 1.54) is 12.3 Å². The molecule has 1 rings (SSSR count). The van der Waals surface area contributed by atoms with Crippen molar-refractivity contribution in [3.63, 3.8) is 0 Å². The first kappa shape index (κ1) is 10.8. The van der Waals surface area contributed by atoms with Crippen molar-refractivity contribution in [3.8, 4) is 0 Å². The summed E-state index contributed by atoms with van der Waals surface area (Å²) in [5.74, 6) is -0.647. The number of halogens is 1. The van der Waals surface area contributed by atoms with Crippen molar-refractivity contribution in [3.05, 3.63) is 22.8 Å². The Morgan fingerprint density at radius 3 is 2.79 bits per heavy atom. The molecular formula is C9H11ClN2O2. The van der Waals surface area contributed by atoms with Crippen LogP contribution in [0.15, 0.2) is 12.3 Å². The Balaban J connectivity index is 3.07. The molecule has 76 valence electrons. The van der Waals surface area contributed by atoms with Gasteiger partial charge >= 0.3 is 5.97 Å². The average Bonchev–Trinajstić information content (AvgIpc) is 2.07. The molecule has 14 heavy (non-hydrogen) atoms. The molecule has 0 aliphatic carbocycles. The van der Waals surface area contributed by atoms with Crippen LogP contribution in [0.4, 0.5) is 5.82 Å². The van der Waals surface area contributed by atoms with Gasteiger partial charge in [-0.3, -0.25) is 0 Å². The molecule has 0 fully saturated rings. The van der Waals surface area contributed by atoms with Crippen LogP contribution >= 0.6 is 11.6 Å². The predicted octanol–water partition coefficient (Wildman–Crippen LogP) is 2.25. The van der Waals surface area contributed by atoms with Crippen LogP contribution in [0.2, 0.25) is 5.02 Å². The van der Waals surface area contributed by atoms with Crippen molar-refractivity contribution >= 4 is 23.4 Å². The summed E-state index contributed by atoms with van der Waals surface area (Å²) in [4.78, 5) is 14.7. The monoisotopic (exact) mass is 214 g/mol. The Kier molecular flexibility index (Phi) is 3.30. The summed E-state index contributed by atoms with van der Waals surface area (Å²) in [6.45, 7) is 3.84. The lowest BCUT2D eigenvalue weighted by Crippen LogP contribution is -2.12. The smallest absolute Gasteiger partial charge is 0.337 e. The second kappa shape index (κ2) is 4.28. The lowest BCUT2D eigenvalue weighted by Gasteiger charge is -2.11. The molecule has 0 radical (unpaired) electrons. The van der Waals surface area contributed by atoms with E-state index in [0.29, 0.717) is 5.82 Å². The quantitative estimate of drug-likeness (QED) is 0.810. The maximum atomic E-state index is 10.7. The molecule has 5 heteroatoms. The van der Waals surface area contributed by atoms with E-state index in [1.54, 1.807) is 0 Å². The van der Waals surface area contributed by atoms with Gasteiger partial charge in [0.25, 0.3) is 0 Å². The van der Waals surface area contributed by atoms with Gasteiger partial charge in [-0.2, -0.15) is 0 Å². The molecule has 0 aliphatic heterocycles. The topological polar surface area (TPSA) is 62.2 Å². The van der Waals surface area contributed by atoms with Crippen molar-refractivity contribution in [2.45, 2.75) is 19.9 Å². The van der Waals surface area contributed by atoms with Crippen molar-refractivity contribution in [2.24, 2.45) is 0 Å². The summed E-state index contributed by atoms with van der Waals surface area (Å²) in [6.07, 6.45) is 1.42. The van der Waals surface area contributed by atoms with Crippen molar-refractivity contribution in [2.75, 3.05) is 5.32 Å². The first-order valence-corrected chi connectivity index (χ1v) is 4.54. The van der Waals surface area contributed by atoms with E-state index < -0.39 is 5.97 Å². The van der Waals surface area contributed by atoms with Crippen LogP contribution in [0.25, 0.3) is 0 Å². The molecule has 0 aliphatic rings. The third-order valence-electron chi connectivity index (χ3n) is 1.55. The van der Waals surface area contributed by atoms with E-state index in [4.69, 9.17) is 16.7 Å². The molecule has 1 aromatic rings. The highest BCUT2D eigenvalue weighted by Gasteiger charge is 2.13. The zero-order valence-electron chi connectivity index (χ0n) is 7.91. The summed E-state index contributed by atoms with van der Waals surface area (Å²) < 4.78 is 0. The number of hydrogen-bond donors (Lipinski definition) is 2. The Labute approximate surface area is 86.9 Å². The minimum absolute atomic E-state index is 0.0600. The number of aromatic nitrogens is 1. The zero-order valence-corrected chi connectivity index (χ0v) is 8.67. The number of carboxylic acid groups (broad SMARTS) is 1. The van der Waals surface area contributed by atoms with E-state index in [0.717, 1.165) is 0 Å². The fraction of sp³-hybridized carbons (Fsp3) is 0.333. The Morgan fingerprint density at radius 2 is 2.29 bits per heavy atom. The maximum Gasteiger partial charge on any atom is 0.337 e. The summed E-state index contributed by atoms with van der Waals surface area (Å²) in [6, 6.07) is 1.53. The third-order valence-corrected chi connectivity index (χ3v) is 1.93. The van der Waals surface area contributed by atoms with Crippen molar-refractivity contribution in [1.82, 2.24) is 4.98 Å². The highest BCUT2D eigenvalue weighted by molar-refractivity contribution is 6.35. The molecule has 2 N–H and O–H groups in total. The molecular weight excluding hydrogens is 204 g/mol. The SMILES string of the molecule is CC(C)Nc1nccc(C(=O)O)c1Cl. The van der Waals surface area contributed by atoms with E-state index in [9.17, 15) is 4.79 Å². The summed E-state index contributed by atoms with van der Waals surface area (Å²) in [7, 11) is 0. The minimum atomic E-state index is -1.05. The van der Waals surface area contributed by atoms with Crippen LogP contribution in [-0.2, 0) is 0 Å². The molecule has 1 heterocycles. The highest BCUT2D eigenvalue weighted by atomic mass is 35.5. The van der Waals surface area contributed by atoms with Gasteiger partial charge < -0.3 is 10.4 Å². The lowest BCUT2D eigenvalue weighted by atomic mass is 10.2. The van der Waals surface area contributed by atoms with Crippen LogP contribution in [0.5, 0.6) is 0 Å². The lowest BCUT2D eigenvalue weighted by molar-refractivity contribution is 0.0697. The number of rotatable bonds is 3. The number of nitrogens with zero attached hydrogens (tertiary/aromatic N) is 1. The van der Waals surface area contributed by atoms with Gasteiger partial charge in [-0.25, -0.2) is 9.78 Å². The number of carboxylic acids is 1. The summed E-state index contributed by atoms with van der Waals surface area (Å²) in [5, 5.41) is 11.9. The first-order valence-electron chi connectivity index (χ1n) is 4.16. The van der Waals surface area contributed by atoms with Crippen LogP contribution in [0.1, 0.15) is 24.2 Å². The van der Waals surface area contributed by atoms with Gasteiger partial charge in [-0.15, -0.1) is 0 Å². The van der Waals surface area contributed by atoms with Gasteiger partial charge in [-0.05, 0) is 19.9 Å². The summed E-state index contributed by atoms with van der Waals surface area (Å²) in [5.41, 5.74) is 0.0600. The number of anilines is 1. The molecule has 0 atom stereocenters. The molecule has 4 nitrogen and oxygen atoms in total. The number of aromatic carboxylic acids is 1. The molecule has 0 aromatic carbocycles. The standard InChI is InChI=1S/C9H11ClN2O2/c1-5(2)12-8-7(10)6(9(13)14)3-4-11-8/h3-5H,1-2H3,(H,11,12)(H,13,14). The minimum Gasteiger partial charge on any atom is -0.478 e. The van der Waals surface area contributed by atoms with E-state index >= 15 is 0 Å². The largest absolute Gasteiger partial charge is 0.478 e. The molecule has 0 saturated carbocycles. The van der Waals surface area contributed by atoms with Crippen LogP contribution in [0, 0.1) is 0 Å². The highest BCUT2D eigenvalue weighted by Crippen LogP contribution is 2.23. The zero-order chi connectivity index (χ0) is 10.7. The van der Waals surface area contributed by atoms with Gasteiger partial charge in [-0.1, -0.05) is 11.6 Å². The van der Waals surface area contributed by atoms with Gasteiger partial charge in [0, 0.05) is 12.2 Å². The number of pyridine rings is 1. The van der Waals surface area contributed by atoms with Crippen molar-refractivity contribution in [1.29, 1.82) is 0 Å². The average molecular weight is 215 g/mol. The van der Waals surface area contributed by atoms with E-state index in [-0.39, 0.29) is 16.6 Å². The van der Waals surface area contributed by atoms with Crippen molar-refractivity contribution < 1.29 is 9.90 Å². The Hall–Kier alpha value is -1.29. The third kappa shape index (κ3) is 2.35. The first-order chi connectivity index (χ1) is 6.52. The number of hydrogen-bond acceptors (Lipinski definition) is 3. The van der Waals surface area contributed by atoms with Gasteiger partial charge in [0.2, 0.25) is 0 Å². The van der Waals surface area contributed by atoms with Gasteiger partial charge in [0.15, 0.2) is 0 Å². The molecule has 0 spiro atoms. The van der Waals surface area contributed by atoms with E-state index in [2.05, 4.69) is 10.3 Å². The molecule has 0 amide bonds. The normalized spacial score (nSPS) is 10.3. The van der Waals surface area contributed by atoms with Gasteiger partial charge in [0.1, 0.15) is 5.82 Å². The molecule has 0 unspecified atom stereocenters. The number of nitrogens with one attached hydrogen (secondary N) is 1. The second-order valence-electron chi connectivity index (χ2n) is 3.13. The number of carbonyl (C=O) groups is 1. The fourth-order valence-electron chi connectivity index (χ4n) is 0.983. The molecule has 0 bridgehead atoms. The Bertz CT molecular complexity index is 353. The Morgan fingerprint density at radius 1 is 1.64 bits per heavy atom. The predicted molar refractivity (Wildman–Crippen MR) is 55.0 cm³/mol. The van der Waals surface area contributed by atoms with Crippen LogP contribution in [-0.4, -0.2) is 22.1 Å². The molecule has 0 saturated heterocycles. The van der Waals surface area contributed by atoms with Crippen LogP contribution in [0.3, 0.4) is 0 Å². The maximum absolute atomic E-state index is 10.7. The van der Waals surface area contributed by atoms with Crippen LogP contribution < -0.4 is 5.32 Å². The van der Waals surface area contributed by atoms with E-state index in [1.807, 2.05) is 13.8 Å².